The van der Waals surface area contributed by atoms with Crippen molar-refractivity contribution in [3.8, 4) is 17.6 Å². The Morgan fingerprint density at radius 1 is 1.52 bits per heavy atom. The fraction of sp³-hybridized carbons (Fsp3) is 0.438. The van der Waals surface area contributed by atoms with Crippen LogP contribution >= 0.6 is 0 Å². The van der Waals surface area contributed by atoms with Crippen LogP contribution in [-0.2, 0) is 11.3 Å². The quantitative estimate of drug-likeness (QED) is 0.788. The van der Waals surface area contributed by atoms with E-state index in [9.17, 15) is 4.79 Å². The van der Waals surface area contributed by atoms with Crippen LogP contribution in [0.15, 0.2) is 18.2 Å². The van der Waals surface area contributed by atoms with E-state index in [2.05, 4.69) is 22.1 Å². The van der Waals surface area contributed by atoms with Crippen molar-refractivity contribution in [3.63, 3.8) is 0 Å². The van der Waals surface area contributed by atoms with Gasteiger partial charge in [-0.25, -0.2) is 0 Å². The van der Waals surface area contributed by atoms with E-state index in [-0.39, 0.29) is 18.6 Å². The van der Waals surface area contributed by atoms with Crippen molar-refractivity contribution in [3.05, 3.63) is 29.3 Å². The second-order valence-corrected chi connectivity index (χ2v) is 4.92. The Labute approximate surface area is 124 Å². The van der Waals surface area contributed by atoms with E-state index < -0.39 is 0 Å². The molecule has 0 saturated carbocycles. The lowest BCUT2D eigenvalue weighted by Crippen LogP contribution is -2.53. The molecular weight excluding hydrogens is 268 g/mol. The Morgan fingerprint density at radius 2 is 2.33 bits per heavy atom. The van der Waals surface area contributed by atoms with Crippen molar-refractivity contribution in [1.82, 2.24) is 10.2 Å². The smallest absolute Gasteiger partial charge is 0.237 e. The highest BCUT2D eigenvalue weighted by Gasteiger charge is 2.25. The number of piperazine rings is 1. The van der Waals surface area contributed by atoms with Crippen molar-refractivity contribution in [2.24, 2.45) is 0 Å². The van der Waals surface area contributed by atoms with Crippen LogP contribution in [0.25, 0.3) is 0 Å². The molecule has 5 heteroatoms. The minimum absolute atomic E-state index is 0.0483. The first-order valence-electron chi connectivity index (χ1n) is 6.94. The van der Waals surface area contributed by atoms with Gasteiger partial charge in [0, 0.05) is 25.2 Å². The summed E-state index contributed by atoms with van der Waals surface area (Å²) in [6.45, 7) is 3.81. The average molecular weight is 288 g/mol. The van der Waals surface area contributed by atoms with Crippen molar-refractivity contribution < 1.29 is 14.6 Å². The average Bonchev–Trinajstić information content (AvgIpc) is 2.50. The summed E-state index contributed by atoms with van der Waals surface area (Å²) in [6, 6.07) is 5.49. The molecule has 1 amide bonds. The summed E-state index contributed by atoms with van der Waals surface area (Å²) in [5.74, 6) is 6.42. The van der Waals surface area contributed by atoms with Crippen LogP contribution in [0.4, 0.5) is 0 Å². The number of ether oxygens (including phenoxy) is 1. The molecule has 0 radical (unpaired) electrons. The predicted molar refractivity (Wildman–Crippen MR) is 79.8 cm³/mol. The number of amides is 1. The number of carbonyl (C=O) groups excluding carboxylic acids is 1. The Kier molecular flexibility index (Phi) is 5.20. The van der Waals surface area contributed by atoms with E-state index in [4.69, 9.17) is 9.84 Å². The topological polar surface area (TPSA) is 61.8 Å². The minimum Gasteiger partial charge on any atom is -0.497 e. The molecular formula is C16H20N2O3. The number of nitrogens with zero attached hydrogens (tertiary/aromatic N) is 1. The summed E-state index contributed by atoms with van der Waals surface area (Å²) < 4.78 is 5.26. The number of rotatable bonds is 3. The Morgan fingerprint density at radius 3 is 3.05 bits per heavy atom. The zero-order valence-corrected chi connectivity index (χ0v) is 12.3. The number of aliphatic hydroxyl groups excluding tert-OH is 1. The first-order chi connectivity index (χ1) is 10.2. The SMILES string of the molecule is COc1ccc(C#CCO)c(CN2CCNC(=O)C2C)c1. The van der Waals surface area contributed by atoms with Crippen LogP contribution in [0.2, 0.25) is 0 Å². The molecule has 0 bridgehead atoms. The summed E-state index contributed by atoms with van der Waals surface area (Å²) in [6.07, 6.45) is 0. The van der Waals surface area contributed by atoms with Crippen molar-refractivity contribution in [2.75, 3.05) is 26.8 Å². The summed E-state index contributed by atoms with van der Waals surface area (Å²) in [4.78, 5) is 13.8. The maximum absolute atomic E-state index is 11.7. The second kappa shape index (κ2) is 7.11. The molecule has 1 aromatic rings. The number of carbonyl (C=O) groups is 1. The molecule has 1 saturated heterocycles. The molecule has 1 aliphatic heterocycles. The summed E-state index contributed by atoms with van der Waals surface area (Å²) in [7, 11) is 1.62. The van der Waals surface area contributed by atoms with Gasteiger partial charge in [-0.15, -0.1) is 0 Å². The Bertz CT molecular complexity index is 575. The van der Waals surface area contributed by atoms with Gasteiger partial charge in [0.1, 0.15) is 12.4 Å². The first-order valence-corrected chi connectivity index (χ1v) is 6.94. The van der Waals surface area contributed by atoms with E-state index >= 15 is 0 Å². The van der Waals surface area contributed by atoms with E-state index in [1.54, 1.807) is 7.11 Å². The first kappa shape index (κ1) is 15.4. The molecule has 1 atom stereocenters. The number of hydrogen-bond donors (Lipinski definition) is 2. The third-order valence-electron chi connectivity index (χ3n) is 3.61. The summed E-state index contributed by atoms with van der Waals surface area (Å²) in [5.41, 5.74) is 1.85. The molecule has 0 spiro atoms. The predicted octanol–water partition coefficient (Wildman–Crippen LogP) is 0.359. The molecule has 21 heavy (non-hydrogen) atoms. The van der Waals surface area contributed by atoms with E-state index in [0.717, 1.165) is 23.4 Å². The number of hydrogen-bond acceptors (Lipinski definition) is 4. The van der Waals surface area contributed by atoms with Gasteiger partial charge in [0.15, 0.2) is 0 Å². The molecule has 0 aromatic heterocycles. The van der Waals surface area contributed by atoms with Gasteiger partial charge in [0.05, 0.1) is 13.2 Å². The Hall–Kier alpha value is -2.03. The number of aliphatic hydroxyl groups is 1. The maximum atomic E-state index is 11.7. The van der Waals surface area contributed by atoms with Crippen LogP contribution in [0, 0.1) is 11.8 Å². The maximum Gasteiger partial charge on any atom is 0.237 e. The van der Waals surface area contributed by atoms with Crippen LogP contribution in [0.3, 0.4) is 0 Å². The van der Waals surface area contributed by atoms with Gasteiger partial charge in [-0.2, -0.15) is 0 Å². The molecule has 2 N–H and O–H groups in total. The lowest BCUT2D eigenvalue weighted by Gasteiger charge is -2.33. The van der Waals surface area contributed by atoms with Gasteiger partial charge in [0.25, 0.3) is 0 Å². The number of benzene rings is 1. The zero-order valence-electron chi connectivity index (χ0n) is 12.3. The Balaban J connectivity index is 2.26. The van der Waals surface area contributed by atoms with E-state index in [1.807, 2.05) is 25.1 Å². The van der Waals surface area contributed by atoms with Gasteiger partial charge < -0.3 is 15.2 Å². The fourth-order valence-electron chi connectivity index (χ4n) is 2.35. The molecule has 1 aliphatic rings. The van der Waals surface area contributed by atoms with Crippen molar-refractivity contribution in [2.45, 2.75) is 19.5 Å². The van der Waals surface area contributed by atoms with Gasteiger partial charge >= 0.3 is 0 Å². The van der Waals surface area contributed by atoms with Gasteiger partial charge in [-0.05, 0) is 30.7 Å². The monoisotopic (exact) mass is 288 g/mol. The molecule has 5 nitrogen and oxygen atoms in total. The van der Waals surface area contributed by atoms with Crippen LogP contribution in [0.1, 0.15) is 18.1 Å². The molecule has 112 valence electrons. The number of methoxy groups -OCH3 is 1. The molecule has 2 rings (SSSR count). The normalized spacial score (nSPS) is 18.6. The number of nitrogens with one attached hydrogen (secondary N) is 1. The van der Waals surface area contributed by atoms with E-state index in [0.29, 0.717) is 13.1 Å². The molecule has 1 fully saturated rings. The highest BCUT2D eigenvalue weighted by Crippen LogP contribution is 2.20. The second-order valence-electron chi connectivity index (χ2n) is 4.92. The third kappa shape index (κ3) is 3.75. The standard InChI is InChI=1S/C16H20N2O3/c1-12-16(20)17-7-8-18(12)11-14-10-15(21-2)6-5-13(14)4-3-9-19/h5-6,10,12,19H,7-9,11H2,1-2H3,(H,17,20). The third-order valence-corrected chi connectivity index (χ3v) is 3.61. The largest absolute Gasteiger partial charge is 0.497 e. The highest BCUT2D eigenvalue weighted by atomic mass is 16.5. The van der Waals surface area contributed by atoms with Gasteiger partial charge in [0.2, 0.25) is 5.91 Å². The van der Waals surface area contributed by atoms with Crippen molar-refractivity contribution in [1.29, 1.82) is 0 Å². The summed E-state index contributed by atoms with van der Waals surface area (Å²) in [5, 5.41) is 11.7. The minimum atomic E-state index is -0.173. The summed E-state index contributed by atoms with van der Waals surface area (Å²) >= 11 is 0. The zero-order chi connectivity index (χ0) is 15.2. The molecule has 1 aromatic carbocycles. The fourth-order valence-corrected chi connectivity index (χ4v) is 2.35. The molecule has 0 aliphatic carbocycles. The van der Waals surface area contributed by atoms with Crippen molar-refractivity contribution >= 4 is 5.91 Å². The van der Waals surface area contributed by atoms with Crippen LogP contribution in [-0.4, -0.2) is 48.8 Å². The highest BCUT2D eigenvalue weighted by molar-refractivity contribution is 5.82. The molecule has 1 unspecified atom stereocenters. The van der Waals surface area contributed by atoms with Gasteiger partial charge in [-0.1, -0.05) is 11.8 Å². The van der Waals surface area contributed by atoms with Crippen LogP contribution in [0.5, 0.6) is 5.75 Å². The van der Waals surface area contributed by atoms with Gasteiger partial charge in [-0.3, -0.25) is 9.69 Å². The van der Waals surface area contributed by atoms with E-state index in [1.165, 1.54) is 0 Å². The van der Waals surface area contributed by atoms with Crippen LogP contribution < -0.4 is 10.1 Å². The molecule has 1 heterocycles. The lowest BCUT2D eigenvalue weighted by molar-refractivity contribution is -0.128. The lowest BCUT2D eigenvalue weighted by atomic mass is 10.0.